The van der Waals surface area contributed by atoms with Crippen LogP contribution in [0.25, 0.3) is 10.2 Å². The minimum Gasteiger partial charge on any atom is -0.462 e. The molecule has 0 fully saturated rings. The van der Waals surface area contributed by atoms with E-state index >= 15 is 0 Å². The fraction of sp³-hybridized carbons (Fsp3) is 0.188. The molecule has 0 spiro atoms. The molecule has 0 radical (unpaired) electrons. The van der Waals surface area contributed by atoms with Gasteiger partial charge in [0.05, 0.1) is 12.0 Å². The minimum atomic E-state index is -0.488. The third-order valence-corrected chi connectivity index (χ3v) is 4.38. The van der Waals surface area contributed by atoms with Crippen molar-refractivity contribution in [1.29, 1.82) is 0 Å². The number of carbonyl (C=O) groups excluding carboxylic acids is 1. The molecule has 0 bridgehead atoms. The summed E-state index contributed by atoms with van der Waals surface area (Å²) in [6.45, 7) is 3.80. The number of hydrogen-bond donors (Lipinski definition) is 0. The van der Waals surface area contributed by atoms with Crippen molar-refractivity contribution in [2.24, 2.45) is 0 Å². The smallest absolute Gasteiger partial charge is 0.348 e. The number of aromatic nitrogens is 2. The van der Waals surface area contributed by atoms with Crippen molar-refractivity contribution in [2.45, 2.75) is 13.8 Å². The Morgan fingerprint density at radius 1 is 1.30 bits per heavy atom. The molecule has 1 aromatic carbocycles. The molecule has 7 heteroatoms. The number of aryl methyl sites for hydroxylation is 1. The molecule has 0 aliphatic carbocycles. The van der Waals surface area contributed by atoms with Crippen LogP contribution in [0, 0.1) is 12.7 Å². The number of halogens is 1. The van der Waals surface area contributed by atoms with Gasteiger partial charge in [-0.1, -0.05) is 12.1 Å². The van der Waals surface area contributed by atoms with E-state index in [0.29, 0.717) is 20.7 Å². The molecular weight excluding hydrogens is 319 g/mol. The molecule has 0 amide bonds. The first-order chi connectivity index (χ1) is 11.1. The van der Waals surface area contributed by atoms with Crippen molar-refractivity contribution in [2.75, 3.05) is 6.61 Å². The molecule has 2 heterocycles. The van der Waals surface area contributed by atoms with Gasteiger partial charge in [0.2, 0.25) is 5.88 Å². The van der Waals surface area contributed by atoms with Crippen LogP contribution in [0.3, 0.4) is 0 Å². The van der Waals surface area contributed by atoms with Crippen molar-refractivity contribution in [3.63, 3.8) is 0 Å². The molecule has 118 valence electrons. The zero-order chi connectivity index (χ0) is 16.4. The summed E-state index contributed by atoms with van der Waals surface area (Å²) in [6, 6.07) is 6.06. The van der Waals surface area contributed by atoms with E-state index in [-0.39, 0.29) is 18.2 Å². The van der Waals surface area contributed by atoms with Crippen LogP contribution in [0.4, 0.5) is 4.39 Å². The summed E-state index contributed by atoms with van der Waals surface area (Å²) in [5.41, 5.74) is 0.662. The van der Waals surface area contributed by atoms with Gasteiger partial charge in [0, 0.05) is 0 Å². The minimum absolute atomic E-state index is 0.0655. The monoisotopic (exact) mass is 332 g/mol. The standard InChI is InChI=1S/C16H13FN2O3S/c1-3-21-16(20)13-9(2)12-14(18-8-19-15(12)23-13)22-11-7-5-4-6-10(11)17/h4-8H,3H2,1-2H3. The first-order valence-corrected chi connectivity index (χ1v) is 7.77. The predicted octanol–water partition coefficient (Wildman–Crippen LogP) is 4.11. The SMILES string of the molecule is CCOC(=O)c1sc2ncnc(Oc3ccccc3F)c2c1C. The fourth-order valence-electron chi connectivity index (χ4n) is 2.14. The lowest BCUT2D eigenvalue weighted by Crippen LogP contribution is -2.03. The first-order valence-electron chi connectivity index (χ1n) is 6.95. The molecule has 2 aromatic heterocycles. The van der Waals surface area contributed by atoms with Crippen molar-refractivity contribution < 1.29 is 18.7 Å². The molecule has 0 saturated heterocycles. The molecule has 0 aliphatic rings. The molecule has 0 N–H and O–H groups in total. The van der Waals surface area contributed by atoms with Gasteiger partial charge in [-0.15, -0.1) is 11.3 Å². The van der Waals surface area contributed by atoms with Gasteiger partial charge in [-0.25, -0.2) is 19.2 Å². The maximum Gasteiger partial charge on any atom is 0.348 e. The summed E-state index contributed by atoms with van der Waals surface area (Å²) in [5.74, 6) is -0.622. The van der Waals surface area contributed by atoms with Crippen LogP contribution in [0.5, 0.6) is 11.6 Å². The van der Waals surface area contributed by atoms with Crippen LogP contribution in [0.1, 0.15) is 22.2 Å². The largest absolute Gasteiger partial charge is 0.462 e. The lowest BCUT2D eigenvalue weighted by atomic mass is 10.2. The van der Waals surface area contributed by atoms with E-state index in [2.05, 4.69) is 9.97 Å². The molecule has 0 saturated carbocycles. The van der Waals surface area contributed by atoms with E-state index in [1.54, 1.807) is 26.0 Å². The van der Waals surface area contributed by atoms with Crippen LogP contribution < -0.4 is 4.74 Å². The number of hydrogen-bond acceptors (Lipinski definition) is 6. The summed E-state index contributed by atoms with van der Waals surface area (Å²) in [5, 5.41) is 0.587. The number of nitrogens with zero attached hydrogens (tertiary/aromatic N) is 2. The second-order valence-corrected chi connectivity index (χ2v) is 5.67. The van der Waals surface area contributed by atoms with Gasteiger partial charge in [-0.2, -0.15) is 0 Å². The molecule has 5 nitrogen and oxygen atoms in total. The molecule has 0 unspecified atom stereocenters. The van der Waals surface area contributed by atoms with E-state index in [9.17, 15) is 9.18 Å². The van der Waals surface area contributed by atoms with Gasteiger partial charge < -0.3 is 9.47 Å². The third-order valence-electron chi connectivity index (χ3n) is 3.20. The van der Waals surface area contributed by atoms with Crippen molar-refractivity contribution in [3.8, 4) is 11.6 Å². The van der Waals surface area contributed by atoms with Gasteiger partial charge in [-0.05, 0) is 31.5 Å². The number of fused-ring (bicyclic) bond motifs is 1. The van der Waals surface area contributed by atoms with Crippen molar-refractivity contribution in [1.82, 2.24) is 9.97 Å². The lowest BCUT2D eigenvalue weighted by Gasteiger charge is -2.07. The Balaban J connectivity index is 2.08. The maximum absolute atomic E-state index is 13.8. The van der Waals surface area contributed by atoms with Crippen LogP contribution >= 0.6 is 11.3 Å². The summed E-state index contributed by atoms with van der Waals surface area (Å²) < 4.78 is 24.4. The van der Waals surface area contributed by atoms with E-state index in [1.807, 2.05) is 0 Å². The average molecular weight is 332 g/mol. The Kier molecular flexibility index (Phi) is 4.20. The van der Waals surface area contributed by atoms with Crippen LogP contribution in [0.2, 0.25) is 0 Å². The number of esters is 1. The topological polar surface area (TPSA) is 61.3 Å². The third kappa shape index (κ3) is 2.87. The van der Waals surface area contributed by atoms with Gasteiger partial charge in [-0.3, -0.25) is 0 Å². The predicted molar refractivity (Wildman–Crippen MR) is 84.6 cm³/mol. The Morgan fingerprint density at radius 3 is 2.83 bits per heavy atom. The molecule has 0 atom stereocenters. The summed E-state index contributed by atoms with van der Waals surface area (Å²) >= 11 is 1.20. The number of rotatable bonds is 4. The second kappa shape index (κ2) is 6.29. The average Bonchev–Trinajstić information content (AvgIpc) is 2.88. The van der Waals surface area contributed by atoms with Crippen molar-refractivity contribution >= 4 is 27.5 Å². The quantitative estimate of drug-likeness (QED) is 0.673. The highest BCUT2D eigenvalue weighted by atomic mass is 32.1. The number of thiophene rings is 1. The Morgan fingerprint density at radius 2 is 2.09 bits per heavy atom. The molecule has 3 rings (SSSR count). The summed E-state index contributed by atoms with van der Waals surface area (Å²) in [4.78, 5) is 21.3. The number of carbonyl (C=O) groups is 1. The Labute approximate surface area is 135 Å². The zero-order valence-electron chi connectivity index (χ0n) is 12.5. The van der Waals surface area contributed by atoms with E-state index in [1.165, 1.54) is 29.8 Å². The zero-order valence-corrected chi connectivity index (χ0v) is 13.3. The first kappa shape index (κ1) is 15.4. The second-order valence-electron chi connectivity index (χ2n) is 4.67. The summed E-state index contributed by atoms with van der Waals surface area (Å²) in [6.07, 6.45) is 1.32. The fourth-order valence-corrected chi connectivity index (χ4v) is 3.17. The lowest BCUT2D eigenvalue weighted by molar-refractivity contribution is 0.0531. The number of ether oxygens (including phenoxy) is 2. The van der Waals surface area contributed by atoms with Crippen LogP contribution in [-0.2, 0) is 4.74 Å². The van der Waals surface area contributed by atoms with E-state index in [4.69, 9.17) is 9.47 Å². The molecular formula is C16H13FN2O3S. The number of benzene rings is 1. The highest BCUT2D eigenvalue weighted by Crippen LogP contribution is 2.36. The van der Waals surface area contributed by atoms with Crippen LogP contribution in [-0.4, -0.2) is 22.5 Å². The molecule has 23 heavy (non-hydrogen) atoms. The van der Waals surface area contributed by atoms with Gasteiger partial charge in [0.25, 0.3) is 0 Å². The Bertz CT molecular complexity index is 879. The van der Waals surface area contributed by atoms with Crippen molar-refractivity contribution in [3.05, 3.63) is 46.9 Å². The van der Waals surface area contributed by atoms with Gasteiger partial charge >= 0.3 is 5.97 Å². The molecule has 0 aliphatic heterocycles. The Hall–Kier alpha value is -2.54. The van der Waals surface area contributed by atoms with Crippen LogP contribution in [0.15, 0.2) is 30.6 Å². The normalized spacial score (nSPS) is 10.7. The van der Waals surface area contributed by atoms with E-state index < -0.39 is 11.8 Å². The summed E-state index contributed by atoms with van der Waals surface area (Å²) in [7, 11) is 0. The van der Waals surface area contributed by atoms with Gasteiger partial charge in [0.1, 0.15) is 16.0 Å². The molecule has 3 aromatic rings. The van der Waals surface area contributed by atoms with E-state index in [0.717, 1.165) is 0 Å². The highest BCUT2D eigenvalue weighted by Gasteiger charge is 2.21. The maximum atomic E-state index is 13.8. The highest BCUT2D eigenvalue weighted by molar-refractivity contribution is 7.20. The van der Waals surface area contributed by atoms with Gasteiger partial charge in [0.15, 0.2) is 11.6 Å². The number of para-hydroxylation sites is 1.